The zero-order chi connectivity index (χ0) is 15.6. The molecular formula is C13H15F3O3S. The molecule has 0 saturated heterocycles. The molecule has 7 heteroatoms. The molecule has 0 aliphatic carbocycles. The van der Waals surface area contributed by atoms with Crippen molar-refractivity contribution >= 4 is 10.1 Å². The summed E-state index contributed by atoms with van der Waals surface area (Å²) >= 11 is 0. The fourth-order valence-electron chi connectivity index (χ4n) is 1.75. The van der Waals surface area contributed by atoms with Gasteiger partial charge in [0.1, 0.15) is 5.76 Å². The number of hydrogen-bond donors (Lipinski definition) is 0. The second kappa shape index (κ2) is 5.87. The Kier molecular flexibility index (Phi) is 4.86. The lowest BCUT2D eigenvalue weighted by Gasteiger charge is -2.13. The van der Waals surface area contributed by atoms with Crippen molar-refractivity contribution < 1.29 is 25.8 Å². The predicted octanol–water partition coefficient (Wildman–Crippen LogP) is 3.62. The molecule has 0 atom stereocenters. The van der Waals surface area contributed by atoms with Crippen molar-refractivity contribution in [2.24, 2.45) is 0 Å². The molecule has 0 unspecified atom stereocenters. The van der Waals surface area contributed by atoms with Crippen LogP contribution in [0.3, 0.4) is 0 Å². The third kappa shape index (κ3) is 4.00. The molecule has 1 aromatic rings. The van der Waals surface area contributed by atoms with Crippen LogP contribution in [0.1, 0.15) is 23.1 Å². The lowest BCUT2D eigenvalue weighted by Crippen LogP contribution is -2.25. The molecule has 1 aromatic carbocycles. The van der Waals surface area contributed by atoms with Gasteiger partial charge in [-0.25, -0.2) is 0 Å². The van der Waals surface area contributed by atoms with E-state index in [0.717, 1.165) is 16.7 Å². The second-order valence-corrected chi connectivity index (χ2v) is 5.93. The third-order valence-electron chi connectivity index (χ3n) is 2.81. The summed E-state index contributed by atoms with van der Waals surface area (Å²) in [6.07, 6.45) is 0.367. The fraction of sp³-hybridized carbons (Fsp3) is 0.385. The van der Waals surface area contributed by atoms with Crippen LogP contribution < -0.4 is 0 Å². The molecule has 3 nitrogen and oxygen atoms in total. The van der Waals surface area contributed by atoms with Crippen LogP contribution in [-0.2, 0) is 20.7 Å². The summed E-state index contributed by atoms with van der Waals surface area (Å²) in [7, 11) is -5.62. The molecule has 0 N–H and O–H groups in total. The molecular weight excluding hydrogens is 293 g/mol. The zero-order valence-corrected chi connectivity index (χ0v) is 11.9. The van der Waals surface area contributed by atoms with Crippen LogP contribution >= 0.6 is 0 Å². The van der Waals surface area contributed by atoms with Crippen molar-refractivity contribution in [1.82, 2.24) is 0 Å². The van der Waals surface area contributed by atoms with Crippen LogP contribution in [0.2, 0.25) is 0 Å². The lowest BCUT2D eigenvalue weighted by atomic mass is 9.98. The maximum atomic E-state index is 12.1. The maximum Gasteiger partial charge on any atom is 0.534 e. The highest BCUT2D eigenvalue weighted by molar-refractivity contribution is 7.87. The smallest absolute Gasteiger partial charge is 0.381 e. The van der Waals surface area contributed by atoms with Gasteiger partial charge in [-0.3, -0.25) is 0 Å². The van der Waals surface area contributed by atoms with Gasteiger partial charge in [0.25, 0.3) is 0 Å². The van der Waals surface area contributed by atoms with Crippen LogP contribution in [0.5, 0.6) is 0 Å². The average Bonchev–Trinajstić information content (AvgIpc) is 2.26. The molecule has 0 bridgehead atoms. The van der Waals surface area contributed by atoms with Gasteiger partial charge in [0.05, 0.1) is 0 Å². The Morgan fingerprint density at radius 2 is 1.75 bits per heavy atom. The van der Waals surface area contributed by atoms with Gasteiger partial charge >= 0.3 is 15.6 Å². The topological polar surface area (TPSA) is 43.4 Å². The molecule has 1 rings (SSSR count). The Hall–Kier alpha value is -1.50. The predicted molar refractivity (Wildman–Crippen MR) is 69.4 cm³/mol. The molecule has 0 aromatic heterocycles. The standard InChI is InChI=1S/C13H15F3O3S/c1-9-5-4-6-10(2)12(9)8-7-11(3)19-20(17,18)13(14,15)16/h4-6H,3,7-8H2,1-2H3. The number of rotatable bonds is 5. The van der Waals surface area contributed by atoms with E-state index in [1.807, 2.05) is 32.0 Å². The first-order valence-electron chi connectivity index (χ1n) is 5.78. The van der Waals surface area contributed by atoms with E-state index in [9.17, 15) is 21.6 Å². The van der Waals surface area contributed by atoms with E-state index in [2.05, 4.69) is 10.8 Å². The number of alkyl halides is 3. The number of aryl methyl sites for hydroxylation is 2. The van der Waals surface area contributed by atoms with Gasteiger partial charge in [-0.05, 0) is 37.0 Å². The first kappa shape index (κ1) is 16.6. The molecule has 0 radical (unpaired) electrons. The van der Waals surface area contributed by atoms with Crippen LogP contribution in [0.4, 0.5) is 13.2 Å². The molecule has 0 spiro atoms. The van der Waals surface area contributed by atoms with Crippen molar-refractivity contribution in [2.75, 3.05) is 0 Å². The third-order valence-corrected chi connectivity index (χ3v) is 3.83. The molecule has 0 amide bonds. The van der Waals surface area contributed by atoms with Gasteiger partial charge in [-0.15, -0.1) is 0 Å². The van der Waals surface area contributed by atoms with Crippen molar-refractivity contribution in [3.05, 3.63) is 47.2 Å². The van der Waals surface area contributed by atoms with E-state index in [1.165, 1.54) is 0 Å². The monoisotopic (exact) mass is 308 g/mol. The minimum Gasteiger partial charge on any atom is -0.381 e. The lowest BCUT2D eigenvalue weighted by molar-refractivity contribution is -0.0523. The second-order valence-electron chi connectivity index (χ2n) is 4.39. The van der Waals surface area contributed by atoms with Gasteiger partial charge < -0.3 is 4.18 Å². The molecule has 0 aliphatic heterocycles. The van der Waals surface area contributed by atoms with Gasteiger partial charge in [0, 0.05) is 6.42 Å². The van der Waals surface area contributed by atoms with Crippen molar-refractivity contribution in [2.45, 2.75) is 32.2 Å². The molecule has 0 fully saturated rings. The van der Waals surface area contributed by atoms with Crippen LogP contribution in [0.15, 0.2) is 30.5 Å². The van der Waals surface area contributed by atoms with Crippen LogP contribution in [0, 0.1) is 13.8 Å². The fourth-order valence-corrected chi connectivity index (χ4v) is 2.24. The Labute approximate surface area is 116 Å². The van der Waals surface area contributed by atoms with Gasteiger partial charge in [0.15, 0.2) is 0 Å². The van der Waals surface area contributed by atoms with Crippen molar-refractivity contribution in [3.63, 3.8) is 0 Å². The summed E-state index contributed by atoms with van der Waals surface area (Å²) in [6, 6.07) is 5.62. The normalized spacial score (nSPS) is 12.2. The van der Waals surface area contributed by atoms with Crippen molar-refractivity contribution in [1.29, 1.82) is 0 Å². The van der Waals surface area contributed by atoms with Crippen LogP contribution in [0.25, 0.3) is 0 Å². The number of benzene rings is 1. The summed E-state index contributed by atoms with van der Waals surface area (Å²) < 4.78 is 61.9. The summed E-state index contributed by atoms with van der Waals surface area (Å²) in [5.74, 6) is -0.426. The number of halogens is 3. The first-order chi connectivity index (χ1) is 9.04. The van der Waals surface area contributed by atoms with Gasteiger partial charge in [-0.1, -0.05) is 24.8 Å². The van der Waals surface area contributed by atoms with E-state index in [-0.39, 0.29) is 6.42 Å². The minimum absolute atomic E-state index is 0.000995. The summed E-state index contributed by atoms with van der Waals surface area (Å²) in [5, 5.41) is 0. The maximum absolute atomic E-state index is 12.1. The Morgan fingerprint density at radius 3 is 2.20 bits per heavy atom. The summed E-state index contributed by atoms with van der Waals surface area (Å²) in [5.41, 5.74) is -2.52. The SMILES string of the molecule is C=C(CCc1c(C)cccc1C)OS(=O)(=O)C(F)(F)F. The first-order valence-corrected chi connectivity index (χ1v) is 7.19. The van der Waals surface area contributed by atoms with E-state index in [1.54, 1.807) is 0 Å². The average molecular weight is 308 g/mol. The van der Waals surface area contributed by atoms with Crippen molar-refractivity contribution in [3.8, 4) is 0 Å². The number of allylic oxidation sites excluding steroid dienone is 1. The van der Waals surface area contributed by atoms with Gasteiger partial charge in [0.2, 0.25) is 0 Å². The Balaban J connectivity index is 2.70. The molecule has 20 heavy (non-hydrogen) atoms. The Morgan fingerprint density at radius 1 is 1.25 bits per heavy atom. The molecule has 0 aliphatic rings. The van der Waals surface area contributed by atoms with E-state index in [0.29, 0.717) is 6.42 Å². The summed E-state index contributed by atoms with van der Waals surface area (Å²) in [6.45, 7) is 6.97. The van der Waals surface area contributed by atoms with E-state index in [4.69, 9.17) is 0 Å². The summed E-state index contributed by atoms with van der Waals surface area (Å²) in [4.78, 5) is 0. The van der Waals surface area contributed by atoms with E-state index >= 15 is 0 Å². The largest absolute Gasteiger partial charge is 0.534 e. The highest BCUT2D eigenvalue weighted by Gasteiger charge is 2.48. The molecule has 0 heterocycles. The quantitative estimate of drug-likeness (QED) is 0.474. The molecule has 0 saturated carbocycles. The van der Waals surface area contributed by atoms with Gasteiger partial charge in [-0.2, -0.15) is 21.6 Å². The Bertz CT molecular complexity index is 584. The zero-order valence-electron chi connectivity index (χ0n) is 11.1. The van der Waals surface area contributed by atoms with Crippen LogP contribution in [-0.4, -0.2) is 13.9 Å². The highest BCUT2D eigenvalue weighted by Crippen LogP contribution is 2.27. The van der Waals surface area contributed by atoms with E-state index < -0.39 is 21.4 Å². The minimum atomic E-state index is -5.62. The molecule has 112 valence electrons. The number of hydrogen-bond acceptors (Lipinski definition) is 3. The highest BCUT2D eigenvalue weighted by atomic mass is 32.2.